The van der Waals surface area contributed by atoms with Gasteiger partial charge in [0.1, 0.15) is 25.1 Å². The topological polar surface area (TPSA) is 118 Å². The van der Waals surface area contributed by atoms with Crippen molar-refractivity contribution < 1.29 is 19.4 Å². The molecule has 1 amide bonds. The number of H-pyrrole nitrogens is 1. The minimum atomic E-state index is -1.22. The molecule has 1 unspecified atom stereocenters. The van der Waals surface area contributed by atoms with Crippen molar-refractivity contribution in [1.82, 2.24) is 24.8 Å². The maximum Gasteiger partial charge on any atom is 0.408 e. The van der Waals surface area contributed by atoms with Crippen LogP contribution in [0.15, 0.2) is 48.8 Å². The molecule has 4 heterocycles. The van der Waals surface area contributed by atoms with Crippen molar-refractivity contribution in [3.05, 3.63) is 76.9 Å². The summed E-state index contributed by atoms with van der Waals surface area (Å²) in [5, 5.41) is 16.2. The molecule has 2 atom stereocenters. The summed E-state index contributed by atoms with van der Waals surface area (Å²) >= 11 is 0. The Bertz CT molecular complexity index is 1950. The first-order chi connectivity index (χ1) is 23.3. The predicted octanol–water partition coefficient (Wildman–Crippen LogP) is 5.62. The van der Waals surface area contributed by atoms with Gasteiger partial charge in [0, 0.05) is 36.4 Å². The van der Waals surface area contributed by atoms with Crippen molar-refractivity contribution in [3.63, 3.8) is 0 Å². The monoisotopic (exact) mass is 662 g/mol. The second kappa shape index (κ2) is 13.9. The van der Waals surface area contributed by atoms with E-state index in [0.717, 1.165) is 92.9 Å². The SMILES string of the molecule is [B]c1cc(C)c(-n2cc(C)c3c(N4CCC(COC(O)[C@H](Cc5c[nH]c6ccccc56)NC(=O)OC(C)(C)C)CC4)nc(C)nc32)c(C)c1. The molecule has 11 heteroatoms. The Hall–Kier alpha value is -4.35. The molecule has 0 aliphatic carbocycles. The minimum Gasteiger partial charge on any atom is -0.444 e. The molecule has 10 nitrogen and oxygen atoms in total. The third-order valence-corrected chi connectivity index (χ3v) is 9.26. The number of amides is 1. The van der Waals surface area contributed by atoms with Gasteiger partial charge in [0.2, 0.25) is 0 Å². The van der Waals surface area contributed by atoms with Crippen LogP contribution in [0.1, 0.15) is 61.7 Å². The molecule has 0 saturated carbocycles. The summed E-state index contributed by atoms with van der Waals surface area (Å²) in [6.45, 7) is 15.6. The van der Waals surface area contributed by atoms with Gasteiger partial charge in [0.25, 0.3) is 0 Å². The van der Waals surface area contributed by atoms with Crippen LogP contribution in [0.4, 0.5) is 10.6 Å². The van der Waals surface area contributed by atoms with E-state index in [1.54, 1.807) is 0 Å². The maximum absolute atomic E-state index is 12.8. The van der Waals surface area contributed by atoms with Gasteiger partial charge in [-0.3, -0.25) is 0 Å². The highest BCUT2D eigenvalue weighted by Crippen LogP contribution is 2.34. The van der Waals surface area contributed by atoms with Gasteiger partial charge in [-0.05, 0) is 102 Å². The van der Waals surface area contributed by atoms with Gasteiger partial charge in [-0.25, -0.2) is 14.8 Å². The van der Waals surface area contributed by atoms with Gasteiger partial charge in [0.05, 0.1) is 23.7 Å². The summed E-state index contributed by atoms with van der Waals surface area (Å²) in [7, 11) is 6.13. The number of aliphatic hydroxyl groups is 1. The van der Waals surface area contributed by atoms with Gasteiger partial charge in [-0.15, -0.1) is 0 Å². The van der Waals surface area contributed by atoms with Gasteiger partial charge < -0.3 is 34.3 Å². The van der Waals surface area contributed by atoms with Crippen molar-refractivity contribution in [3.8, 4) is 5.69 Å². The molecule has 1 fully saturated rings. The first-order valence-corrected chi connectivity index (χ1v) is 17.1. The van der Waals surface area contributed by atoms with E-state index in [2.05, 4.69) is 46.7 Å². The summed E-state index contributed by atoms with van der Waals surface area (Å²) in [5.41, 5.74) is 7.35. The van der Waals surface area contributed by atoms with Crippen molar-refractivity contribution in [2.75, 3.05) is 24.6 Å². The second-order valence-corrected chi connectivity index (χ2v) is 14.4. The Labute approximate surface area is 289 Å². The highest BCUT2D eigenvalue weighted by molar-refractivity contribution is 6.32. The van der Waals surface area contributed by atoms with Crippen LogP contribution in [0.25, 0.3) is 27.6 Å². The number of carbonyl (C=O) groups excluding carboxylic acids is 1. The Morgan fingerprint density at radius 2 is 1.78 bits per heavy atom. The van der Waals surface area contributed by atoms with E-state index in [9.17, 15) is 9.90 Å². The van der Waals surface area contributed by atoms with Crippen molar-refractivity contribution in [2.24, 2.45) is 5.92 Å². The molecule has 3 N–H and O–H groups in total. The lowest BCUT2D eigenvalue weighted by Gasteiger charge is -2.34. The van der Waals surface area contributed by atoms with Crippen LogP contribution in [0, 0.1) is 33.6 Å². The summed E-state index contributed by atoms with van der Waals surface area (Å²) < 4.78 is 13.8. The number of fused-ring (bicyclic) bond motifs is 2. The quantitative estimate of drug-likeness (QED) is 0.139. The molecular formula is C38H47BN6O4. The van der Waals surface area contributed by atoms with Crippen LogP contribution in [0.2, 0.25) is 0 Å². The lowest BCUT2D eigenvalue weighted by atomic mass is 9.91. The van der Waals surface area contributed by atoms with Crippen molar-refractivity contribution in [2.45, 2.75) is 85.7 Å². The first kappa shape index (κ1) is 34.5. The highest BCUT2D eigenvalue weighted by atomic mass is 16.6. The molecule has 2 aromatic carbocycles. The van der Waals surface area contributed by atoms with Crippen LogP contribution >= 0.6 is 0 Å². The lowest BCUT2D eigenvalue weighted by Crippen LogP contribution is -2.48. The maximum atomic E-state index is 12.8. The van der Waals surface area contributed by atoms with E-state index in [4.69, 9.17) is 27.3 Å². The standard InChI is InChI=1S/C38H47BN6O4/c1-22-16-28(39)17-23(2)33(22)45-20-24(3)32-34(41-25(4)42-35(32)45)44-14-12-26(13-15-44)21-48-36(46)31(43-37(47)49-38(5,6)7)18-27-19-40-30-11-9-8-10-29(27)30/h8-11,16-17,19-20,26,31,36,40,46H,12-15,18,21H2,1-7H3,(H,43,47)/t31-,36?/m0/s1. The van der Waals surface area contributed by atoms with Gasteiger partial charge in [-0.2, -0.15) is 0 Å². The van der Waals surface area contributed by atoms with E-state index in [-0.39, 0.29) is 5.92 Å². The van der Waals surface area contributed by atoms with Gasteiger partial charge >= 0.3 is 6.09 Å². The summed E-state index contributed by atoms with van der Waals surface area (Å²) in [5.74, 6) is 1.91. The third-order valence-electron chi connectivity index (χ3n) is 9.26. The highest BCUT2D eigenvalue weighted by Gasteiger charge is 2.29. The van der Waals surface area contributed by atoms with Crippen LogP contribution in [0.5, 0.6) is 0 Å². The Morgan fingerprint density at radius 1 is 1.08 bits per heavy atom. The average Bonchev–Trinajstić information content (AvgIpc) is 3.58. The molecule has 1 saturated heterocycles. The molecular weight excluding hydrogens is 615 g/mol. The van der Waals surface area contributed by atoms with E-state index in [1.807, 2.05) is 70.3 Å². The van der Waals surface area contributed by atoms with E-state index >= 15 is 0 Å². The van der Waals surface area contributed by atoms with Crippen LogP contribution in [0.3, 0.4) is 0 Å². The minimum absolute atomic E-state index is 0.241. The molecule has 5 aromatic rings. The number of alkyl carbamates (subject to hydrolysis) is 1. The third kappa shape index (κ3) is 7.63. The number of nitrogens with zero attached hydrogens (tertiary/aromatic N) is 4. The molecule has 1 aliphatic rings. The largest absolute Gasteiger partial charge is 0.444 e. The summed E-state index contributed by atoms with van der Waals surface area (Å²) in [6, 6.07) is 11.3. The zero-order chi connectivity index (χ0) is 35.0. The zero-order valence-corrected chi connectivity index (χ0v) is 29.6. The number of benzene rings is 2. The van der Waals surface area contributed by atoms with Crippen molar-refractivity contribution >= 4 is 47.2 Å². The van der Waals surface area contributed by atoms with E-state index < -0.39 is 24.0 Å². The van der Waals surface area contributed by atoms with Crippen LogP contribution in [-0.2, 0) is 15.9 Å². The molecule has 0 bridgehead atoms. The molecule has 6 rings (SSSR count). The van der Waals surface area contributed by atoms with Crippen LogP contribution in [-0.4, -0.2) is 76.2 Å². The smallest absolute Gasteiger partial charge is 0.408 e. The number of ether oxygens (including phenoxy) is 2. The fourth-order valence-electron chi connectivity index (χ4n) is 7.04. The Kier molecular flexibility index (Phi) is 9.77. The number of rotatable bonds is 9. The fourth-order valence-corrected chi connectivity index (χ4v) is 7.04. The number of aromatic nitrogens is 4. The number of anilines is 1. The predicted molar refractivity (Wildman–Crippen MR) is 195 cm³/mol. The average molecular weight is 663 g/mol. The summed E-state index contributed by atoms with van der Waals surface area (Å²) in [6.07, 6.45) is 4.38. The lowest BCUT2D eigenvalue weighted by molar-refractivity contribution is -0.129. The number of hydrogen-bond acceptors (Lipinski definition) is 7. The van der Waals surface area contributed by atoms with Gasteiger partial charge in [0.15, 0.2) is 11.9 Å². The number of hydrogen-bond donors (Lipinski definition) is 3. The number of piperidine rings is 1. The molecule has 1 aliphatic heterocycles. The normalized spacial score (nSPS) is 15.6. The number of aliphatic hydroxyl groups excluding tert-OH is 1. The second-order valence-electron chi connectivity index (χ2n) is 14.4. The molecule has 0 spiro atoms. The fraction of sp³-hybridized carbons (Fsp3) is 0.447. The molecule has 256 valence electrons. The number of aromatic amines is 1. The molecule has 49 heavy (non-hydrogen) atoms. The Balaban J connectivity index is 1.14. The number of nitrogens with one attached hydrogen (secondary N) is 2. The summed E-state index contributed by atoms with van der Waals surface area (Å²) in [4.78, 5) is 28.2. The van der Waals surface area contributed by atoms with Gasteiger partial charge in [-0.1, -0.05) is 35.8 Å². The first-order valence-electron chi connectivity index (χ1n) is 17.1. The van der Waals surface area contributed by atoms with Crippen LogP contribution < -0.4 is 15.7 Å². The van der Waals surface area contributed by atoms with Crippen molar-refractivity contribution in [1.29, 1.82) is 0 Å². The number of carbonyl (C=O) groups is 1. The Morgan fingerprint density at radius 3 is 2.47 bits per heavy atom. The molecule has 3 aromatic heterocycles. The van der Waals surface area contributed by atoms with E-state index in [1.165, 1.54) is 0 Å². The van der Waals surface area contributed by atoms with E-state index in [0.29, 0.717) is 13.0 Å². The molecule has 2 radical (unpaired) electrons. The zero-order valence-electron chi connectivity index (χ0n) is 29.6. The number of aryl methyl sites for hydroxylation is 4. The number of para-hydroxylation sites is 1.